The quantitative estimate of drug-likeness (QED) is 0.498. The topological polar surface area (TPSA) is 65.8 Å². The number of carbonyl (C=O) groups is 1. The van der Waals surface area contributed by atoms with Gasteiger partial charge in [-0.2, -0.15) is 0 Å². The van der Waals surface area contributed by atoms with Crippen LogP contribution in [0.2, 0.25) is 0 Å². The number of carbonyl (C=O) groups excluding carboxylic acids is 1. The summed E-state index contributed by atoms with van der Waals surface area (Å²) in [6.07, 6.45) is 3.82. The zero-order valence-electron chi connectivity index (χ0n) is 20.5. The second kappa shape index (κ2) is 7.97. The van der Waals surface area contributed by atoms with Gasteiger partial charge in [-0.3, -0.25) is 19.3 Å². The molecule has 1 fully saturated rings. The molecule has 11 heteroatoms. The minimum absolute atomic E-state index is 0.0285. The predicted molar refractivity (Wildman–Crippen MR) is 146 cm³/mol. The van der Waals surface area contributed by atoms with E-state index in [0.29, 0.717) is 6.54 Å². The number of aromatic nitrogens is 1. The van der Waals surface area contributed by atoms with Crippen molar-refractivity contribution in [1.29, 1.82) is 0 Å². The molecular weight excluding hydrogens is 474 g/mol. The Morgan fingerprint density at radius 2 is 1.78 bits per heavy atom. The molecule has 3 aliphatic heterocycles. The number of thioether (sulfide) groups is 1. The molecule has 36 heavy (non-hydrogen) atoms. The van der Waals surface area contributed by atoms with Gasteiger partial charge in [0.1, 0.15) is 35.5 Å². The molecule has 1 saturated heterocycles. The van der Waals surface area contributed by atoms with Crippen molar-refractivity contribution >= 4 is 41.2 Å². The molecule has 0 aliphatic carbocycles. The first-order valence-corrected chi connectivity index (χ1v) is 13.1. The molecule has 0 radical (unpaired) electrons. The van der Waals surface area contributed by atoms with Crippen molar-refractivity contribution in [3.63, 3.8) is 0 Å². The van der Waals surface area contributed by atoms with E-state index < -0.39 is 21.2 Å². The van der Waals surface area contributed by atoms with Crippen LogP contribution in [0.15, 0.2) is 64.4 Å². The van der Waals surface area contributed by atoms with Crippen molar-refractivity contribution < 1.29 is 14.3 Å². The summed E-state index contributed by atoms with van der Waals surface area (Å²) in [6.45, 7) is 0.538. The molecule has 180 valence electrons. The zero-order chi connectivity index (χ0) is 25.4. The summed E-state index contributed by atoms with van der Waals surface area (Å²) in [4.78, 5) is 28.9. The average molecular weight is 499 g/mol. The summed E-state index contributed by atoms with van der Waals surface area (Å²) >= 11 is 1.69. The van der Waals surface area contributed by atoms with E-state index in [-0.39, 0.29) is 23.6 Å². The predicted octanol–water partition coefficient (Wildman–Crippen LogP) is 0.613. The SMILES string of the molecule is BC1(B)Sc2ccccc2[C@](B)(N2[C@@H]3CCCCN3C(=O)c3c(O)c(=O)ccn32)c2ccc(F)cc21. The lowest BCUT2D eigenvalue weighted by Gasteiger charge is -2.56. The van der Waals surface area contributed by atoms with Crippen LogP contribution in [0.5, 0.6) is 5.75 Å². The van der Waals surface area contributed by atoms with Crippen molar-refractivity contribution in [2.45, 2.75) is 40.3 Å². The van der Waals surface area contributed by atoms with Crippen molar-refractivity contribution in [3.8, 4) is 5.75 Å². The number of amides is 1. The first-order valence-electron chi connectivity index (χ1n) is 12.3. The number of benzene rings is 2. The third-order valence-electron chi connectivity index (χ3n) is 7.89. The maximum absolute atomic E-state index is 14.7. The Morgan fingerprint density at radius 3 is 2.58 bits per heavy atom. The molecular formula is C25H25B3FN3O3S. The van der Waals surface area contributed by atoms with Crippen molar-refractivity contribution in [1.82, 2.24) is 9.58 Å². The Morgan fingerprint density at radius 1 is 1.00 bits per heavy atom. The van der Waals surface area contributed by atoms with E-state index in [0.717, 1.165) is 40.8 Å². The van der Waals surface area contributed by atoms with Crippen LogP contribution in [0.4, 0.5) is 4.39 Å². The fourth-order valence-electron chi connectivity index (χ4n) is 6.21. The summed E-state index contributed by atoms with van der Waals surface area (Å²) in [5, 5.41) is 12.9. The Hall–Kier alpha value is -3.07. The third-order valence-corrected chi connectivity index (χ3v) is 9.20. The average Bonchev–Trinajstić information content (AvgIpc) is 2.92. The van der Waals surface area contributed by atoms with Crippen LogP contribution in [0, 0.1) is 5.82 Å². The lowest BCUT2D eigenvalue weighted by molar-refractivity contribution is 0.0447. The third kappa shape index (κ3) is 3.14. The zero-order valence-corrected chi connectivity index (χ0v) is 21.3. The van der Waals surface area contributed by atoms with Crippen LogP contribution in [0.1, 0.15) is 46.4 Å². The highest BCUT2D eigenvalue weighted by Gasteiger charge is 2.52. The van der Waals surface area contributed by atoms with Gasteiger partial charge in [0.2, 0.25) is 5.43 Å². The van der Waals surface area contributed by atoms with E-state index in [1.165, 1.54) is 12.1 Å². The fraction of sp³-hybridized carbons (Fsp3) is 0.280. The van der Waals surface area contributed by atoms with E-state index in [9.17, 15) is 19.1 Å². The number of hydrogen-bond donors (Lipinski definition) is 1. The molecule has 3 aliphatic rings. The van der Waals surface area contributed by atoms with Gasteiger partial charge < -0.3 is 10.0 Å². The molecule has 6 rings (SSSR count). The minimum atomic E-state index is -0.850. The molecule has 1 amide bonds. The van der Waals surface area contributed by atoms with Crippen LogP contribution >= 0.6 is 11.8 Å². The largest absolute Gasteiger partial charge is 0.502 e. The molecule has 2 atom stereocenters. The van der Waals surface area contributed by atoms with Crippen molar-refractivity contribution in [3.05, 3.63) is 93.2 Å². The van der Waals surface area contributed by atoms with Crippen LogP contribution < -0.4 is 10.4 Å². The van der Waals surface area contributed by atoms with Gasteiger partial charge in [0.15, 0.2) is 11.4 Å². The number of nitrogens with zero attached hydrogens (tertiary/aromatic N) is 3. The second-order valence-corrected chi connectivity index (χ2v) is 12.1. The number of rotatable bonds is 1. The van der Waals surface area contributed by atoms with Crippen molar-refractivity contribution in [2.24, 2.45) is 0 Å². The normalized spacial score (nSPS) is 24.2. The van der Waals surface area contributed by atoms with Gasteiger partial charge >= 0.3 is 0 Å². The van der Waals surface area contributed by atoms with Crippen LogP contribution in [-0.2, 0) is 9.98 Å². The van der Waals surface area contributed by atoms with E-state index in [1.807, 2.05) is 18.2 Å². The van der Waals surface area contributed by atoms with Crippen LogP contribution in [-0.4, -0.2) is 56.8 Å². The lowest BCUT2D eigenvalue weighted by Crippen LogP contribution is -2.69. The van der Waals surface area contributed by atoms with Gasteiger partial charge in [-0.1, -0.05) is 24.3 Å². The highest BCUT2D eigenvalue weighted by molar-refractivity contribution is 8.02. The Bertz CT molecular complexity index is 1480. The van der Waals surface area contributed by atoms with Crippen LogP contribution in [0.3, 0.4) is 0 Å². The maximum atomic E-state index is 14.7. The number of aromatic hydroxyl groups is 1. The molecule has 0 unspecified atom stereocenters. The summed E-state index contributed by atoms with van der Waals surface area (Å²) < 4.78 is 15.9. The van der Waals surface area contributed by atoms with Gasteiger partial charge in [-0.05, 0) is 58.7 Å². The fourth-order valence-corrected chi connectivity index (χ4v) is 7.56. The molecule has 1 N–H and O–H groups in total. The highest BCUT2D eigenvalue weighted by Crippen LogP contribution is 2.52. The van der Waals surface area contributed by atoms with Crippen molar-refractivity contribution in [2.75, 3.05) is 11.6 Å². The number of piperidine rings is 1. The highest BCUT2D eigenvalue weighted by atomic mass is 32.2. The number of hydrogen-bond acceptors (Lipinski definition) is 5. The first-order chi connectivity index (χ1) is 17.1. The monoisotopic (exact) mass is 499 g/mol. The molecule has 3 aromatic rings. The standard InChI is InChI=1S/C25H25B3FN3O3S/c26-24(15-9-8-14(29)13-17(15)25(27,28)36-19-6-2-1-5-16(19)24)32-20-7-3-4-11-30(20)23(35)21-22(34)18(33)10-12-31(21)32/h1-2,5-6,8-10,12-13,20,34H,3-4,7,11,26-28H2/t20-,24-/m1/s1. The van der Waals surface area contributed by atoms with Gasteiger partial charge in [0, 0.05) is 23.7 Å². The van der Waals surface area contributed by atoms with Gasteiger partial charge in [0.25, 0.3) is 5.91 Å². The number of pyridine rings is 1. The van der Waals surface area contributed by atoms with E-state index >= 15 is 0 Å². The molecule has 0 saturated carbocycles. The smallest absolute Gasteiger partial charge is 0.278 e. The number of fused-ring (bicyclic) bond motifs is 4. The molecule has 0 spiro atoms. The van der Waals surface area contributed by atoms with E-state index in [1.54, 1.807) is 33.6 Å². The minimum Gasteiger partial charge on any atom is -0.502 e. The maximum Gasteiger partial charge on any atom is 0.278 e. The Labute approximate surface area is 215 Å². The van der Waals surface area contributed by atoms with Gasteiger partial charge in [0.05, 0.1) is 5.44 Å². The Balaban J connectivity index is 1.74. The molecule has 1 aromatic heterocycles. The summed E-state index contributed by atoms with van der Waals surface area (Å²) in [5.41, 5.74) is 1.36. The van der Waals surface area contributed by atoms with Crippen LogP contribution in [0.25, 0.3) is 0 Å². The number of halogens is 1. The van der Waals surface area contributed by atoms with E-state index in [2.05, 4.69) is 40.7 Å². The second-order valence-electron chi connectivity index (χ2n) is 10.4. The summed E-state index contributed by atoms with van der Waals surface area (Å²) in [5.74, 6) is -1.19. The van der Waals surface area contributed by atoms with Gasteiger partial charge in [-0.25, -0.2) is 4.39 Å². The van der Waals surface area contributed by atoms with E-state index in [4.69, 9.17) is 0 Å². The molecule has 2 aromatic carbocycles. The summed E-state index contributed by atoms with van der Waals surface area (Å²) in [6, 6.07) is 14.4. The Kier molecular flexibility index (Phi) is 5.17. The van der Waals surface area contributed by atoms with Gasteiger partial charge in [-0.15, -0.1) is 11.8 Å². The first kappa shape index (κ1) is 23.3. The lowest BCUT2D eigenvalue weighted by atomic mass is 9.58. The molecule has 4 heterocycles. The molecule has 0 bridgehead atoms. The summed E-state index contributed by atoms with van der Waals surface area (Å²) in [7, 11) is 6.30. The molecule has 6 nitrogen and oxygen atoms in total.